The zero-order valence-corrected chi connectivity index (χ0v) is 14.2. The van der Waals surface area contributed by atoms with Crippen molar-refractivity contribution in [1.82, 2.24) is 4.90 Å². The first-order valence-electron chi connectivity index (χ1n) is 7.83. The number of nitrogens with zero attached hydrogens (tertiary/aromatic N) is 1. The van der Waals surface area contributed by atoms with Crippen LogP contribution in [0.5, 0.6) is 0 Å². The van der Waals surface area contributed by atoms with E-state index >= 15 is 0 Å². The normalized spacial score (nSPS) is 13.0. The van der Waals surface area contributed by atoms with E-state index in [0.29, 0.717) is 32.5 Å². The van der Waals surface area contributed by atoms with Crippen LogP contribution in [0.1, 0.15) is 52.4 Å². The van der Waals surface area contributed by atoms with Crippen molar-refractivity contribution in [3.63, 3.8) is 0 Å². The van der Waals surface area contributed by atoms with Gasteiger partial charge in [-0.2, -0.15) is 0 Å². The smallest absolute Gasteiger partial charge is 0.396 e. The third-order valence-corrected chi connectivity index (χ3v) is 4.00. The van der Waals surface area contributed by atoms with Crippen molar-refractivity contribution in [1.29, 1.82) is 0 Å². The molecule has 126 valence electrons. The molecule has 0 saturated carbocycles. The second-order valence-electron chi connectivity index (χ2n) is 5.44. The highest BCUT2D eigenvalue weighted by Crippen LogP contribution is 2.34. The largest absolute Gasteiger partial charge is 0.695 e. The first kappa shape index (κ1) is 20.9. The van der Waals surface area contributed by atoms with Crippen molar-refractivity contribution < 1.29 is 24.2 Å². The van der Waals surface area contributed by atoms with Gasteiger partial charge in [-0.25, -0.2) is 0 Å². The van der Waals surface area contributed by atoms with Crippen molar-refractivity contribution >= 4 is 8.25 Å². The summed E-state index contributed by atoms with van der Waals surface area (Å²) >= 11 is 0. The average molecular weight is 324 g/mol. The number of aliphatic hydroxyl groups excluding tert-OH is 2. The topological polar surface area (TPSA) is 90.2 Å². The van der Waals surface area contributed by atoms with Crippen LogP contribution in [0.3, 0.4) is 0 Å². The second kappa shape index (κ2) is 12.4. The fraction of sp³-hybridized carbons (Fsp3) is 1.00. The molecule has 0 bridgehead atoms. The molecule has 0 fully saturated rings. The van der Waals surface area contributed by atoms with Crippen LogP contribution in [0.15, 0.2) is 0 Å². The lowest BCUT2D eigenvalue weighted by molar-refractivity contribution is 0.00626. The molecule has 21 heavy (non-hydrogen) atoms. The van der Waals surface area contributed by atoms with Crippen molar-refractivity contribution in [2.75, 3.05) is 32.8 Å². The van der Waals surface area contributed by atoms with E-state index in [2.05, 4.69) is 4.90 Å². The molecule has 0 aromatic heterocycles. The fourth-order valence-electron chi connectivity index (χ4n) is 2.75. The average Bonchev–Trinajstić information content (AvgIpc) is 2.41. The standard InChI is InChI=1S/C14H30NO5P/c1-3-7-14(8-4-2,20-21(18)19)13-15(9-5-11-16)10-6-12-17/h16-17H,3-13H2,1-2H3/p+1. The van der Waals surface area contributed by atoms with Crippen molar-refractivity contribution in [2.45, 2.75) is 58.0 Å². The van der Waals surface area contributed by atoms with Crippen LogP contribution in [-0.2, 0) is 9.09 Å². The van der Waals surface area contributed by atoms with Gasteiger partial charge < -0.3 is 15.1 Å². The van der Waals surface area contributed by atoms with Crippen LogP contribution in [0.25, 0.3) is 0 Å². The summed E-state index contributed by atoms with van der Waals surface area (Å²) in [4.78, 5) is 11.3. The van der Waals surface area contributed by atoms with Crippen molar-refractivity contribution in [3.05, 3.63) is 0 Å². The van der Waals surface area contributed by atoms with Crippen LogP contribution in [0, 0.1) is 0 Å². The lowest BCUT2D eigenvalue weighted by Crippen LogP contribution is -2.45. The molecule has 3 N–H and O–H groups in total. The van der Waals surface area contributed by atoms with E-state index in [0.717, 1.165) is 25.7 Å². The van der Waals surface area contributed by atoms with Gasteiger partial charge >= 0.3 is 8.25 Å². The van der Waals surface area contributed by atoms with E-state index in [1.165, 1.54) is 0 Å². The summed E-state index contributed by atoms with van der Waals surface area (Å²) in [5.41, 5.74) is -0.628. The first-order valence-corrected chi connectivity index (χ1v) is 8.96. The molecule has 0 saturated heterocycles. The molecule has 0 aromatic rings. The maximum atomic E-state index is 11.2. The molecule has 0 amide bonds. The maximum absolute atomic E-state index is 11.2. The molecule has 6 nitrogen and oxygen atoms in total. The third kappa shape index (κ3) is 9.51. The van der Waals surface area contributed by atoms with Gasteiger partial charge in [-0.3, -0.25) is 0 Å². The van der Waals surface area contributed by atoms with Crippen LogP contribution in [0.2, 0.25) is 0 Å². The monoisotopic (exact) mass is 324 g/mol. The fourth-order valence-corrected chi connectivity index (χ4v) is 3.32. The summed E-state index contributed by atoms with van der Waals surface area (Å²) in [5, 5.41) is 18.0. The summed E-state index contributed by atoms with van der Waals surface area (Å²) in [6.07, 6.45) is 4.47. The molecule has 0 heterocycles. The van der Waals surface area contributed by atoms with Gasteiger partial charge in [-0.1, -0.05) is 26.7 Å². The van der Waals surface area contributed by atoms with E-state index in [-0.39, 0.29) is 13.2 Å². The molecule has 0 aliphatic rings. The summed E-state index contributed by atoms with van der Waals surface area (Å²) < 4.78 is 16.6. The van der Waals surface area contributed by atoms with Crippen LogP contribution in [-0.4, -0.2) is 58.5 Å². The molecular weight excluding hydrogens is 293 g/mol. The summed E-state index contributed by atoms with van der Waals surface area (Å²) in [7, 11) is -2.64. The van der Waals surface area contributed by atoms with Gasteiger partial charge in [0.1, 0.15) is 5.60 Å². The Morgan fingerprint density at radius 3 is 1.86 bits per heavy atom. The summed E-state index contributed by atoms with van der Waals surface area (Å²) in [5.74, 6) is 0. The maximum Gasteiger partial charge on any atom is 0.695 e. The van der Waals surface area contributed by atoms with E-state index in [4.69, 9.17) is 14.7 Å². The molecular formula is C14H31NO5P+. The van der Waals surface area contributed by atoms with Gasteiger partial charge in [0.15, 0.2) is 0 Å². The highest BCUT2D eigenvalue weighted by molar-refractivity contribution is 7.32. The molecule has 1 unspecified atom stereocenters. The summed E-state index contributed by atoms with van der Waals surface area (Å²) in [6, 6.07) is 0. The number of hydrogen-bond donors (Lipinski definition) is 3. The zero-order chi connectivity index (χ0) is 16.1. The predicted octanol–water partition coefficient (Wildman–Crippen LogP) is 2.06. The van der Waals surface area contributed by atoms with Crippen LogP contribution in [0.4, 0.5) is 0 Å². The van der Waals surface area contributed by atoms with Crippen LogP contribution >= 0.6 is 8.25 Å². The van der Waals surface area contributed by atoms with E-state index in [1.807, 2.05) is 13.8 Å². The third-order valence-electron chi connectivity index (χ3n) is 3.46. The second-order valence-corrected chi connectivity index (χ2v) is 6.10. The Balaban J connectivity index is 4.91. The quantitative estimate of drug-likeness (QED) is 0.424. The van der Waals surface area contributed by atoms with Crippen LogP contribution < -0.4 is 0 Å². The Morgan fingerprint density at radius 2 is 1.52 bits per heavy atom. The lowest BCUT2D eigenvalue weighted by atomic mass is 9.92. The Morgan fingerprint density at radius 1 is 1.05 bits per heavy atom. The van der Waals surface area contributed by atoms with Gasteiger partial charge in [-0.15, -0.1) is 9.42 Å². The first-order chi connectivity index (χ1) is 10.0. The van der Waals surface area contributed by atoms with Gasteiger partial charge in [0, 0.05) is 37.4 Å². The molecule has 0 radical (unpaired) electrons. The van der Waals surface area contributed by atoms with E-state index < -0.39 is 13.9 Å². The van der Waals surface area contributed by atoms with Gasteiger partial charge in [-0.05, 0) is 25.7 Å². The van der Waals surface area contributed by atoms with Gasteiger partial charge in [0.25, 0.3) is 0 Å². The molecule has 1 atom stereocenters. The van der Waals surface area contributed by atoms with Gasteiger partial charge in [0.2, 0.25) is 0 Å². The minimum Gasteiger partial charge on any atom is -0.396 e. The molecule has 0 aliphatic carbocycles. The van der Waals surface area contributed by atoms with Crippen molar-refractivity contribution in [3.8, 4) is 0 Å². The highest BCUT2D eigenvalue weighted by Gasteiger charge is 2.40. The molecule has 0 rings (SSSR count). The SMILES string of the molecule is CCCC(CCC)(CN(CCCO)CCCO)O[P+](=O)O. The molecule has 0 aliphatic heterocycles. The number of hydrogen-bond acceptors (Lipinski definition) is 5. The summed E-state index contributed by atoms with van der Waals surface area (Å²) in [6.45, 7) is 6.22. The number of rotatable bonds is 14. The van der Waals surface area contributed by atoms with E-state index in [1.54, 1.807) is 0 Å². The minimum atomic E-state index is -2.64. The number of aliphatic hydroxyl groups is 2. The Bertz CT molecular complexity index is 264. The van der Waals surface area contributed by atoms with Crippen molar-refractivity contribution in [2.24, 2.45) is 0 Å². The predicted molar refractivity (Wildman–Crippen MR) is 83.3 cm³/mol. The Labute approximate surface area is 129 Å². The lowest BCUT2D eigenvalue weighted by Gasteiger charge is -2.33. The molecule has 0 aromatic carbocycles. The Kier molecular flexibility index (Phi) is 12.4. The zero-order valence-electron chi connectivity index (χ0n) is 13.3. The van der Waals surface area contributed by atoms with Gasteiger partial charge in [0.05, 0.1) is 0 Å². The van der Waals surface area contributed by atoms with E-state index in [9.17, 15) is 9.46 Å². The molecule has 0 spiro atoms. The molecule has 7 heteroatoms. The Hall–Kier alpha value is -0.100. The highest BCUT2D eigenvalue weighted by atomic mass is 31.1. The minimum absolute atomic E-state index is 0.110.